The number of pyridine rings is 1. The summed E-state index contributed by atoms with van der Waals surface area (Å²) in [5.74, 6) is 0.340. The van der Waals surface area contributed by atoms with Crippen LogP contribution in [-0.2, 0) is 27.8 Å². The molecule has 0 radical (unpaired) electrons. The number of benzene rings is 2. The minimum atomic E-state index is -3.78. The third-order valence-electron chi connectivity index (χ3n) is 6.94. The fourth-order valence-corrected chi connectivity index (χ4v) is 6.54. The molecule has 0 spiro atoms. The lowest BCUT2D eigenvalue weighted by Gasteiger charge is -2.28. The summed E-state index contributed by atoms with van der Waals surface area (Å²) in [7, 11) is -3.78. The van der Waals surface area contributed by atoms with E-state index in [0.717, 1.165) is 36.8 Å². The Morgan fingerprint density at radius 3 is 2.29 bits per heavy atom. The molecule has 1 N–H and O–H groups in total. The number of sulfonamides is 1. The summed E-state index contributed by atoms with van der Waals surface area (Å²) in [6.07, 6.45) is 7.20. The summed E-state index contributed by atoms with van der Waals surface area (Å²) in [4.78, 5) is 17.4. The molecule has 1 aliphatic carbocycles. The predicted octanol–water partition coefficient (Wildman–Crippen LogP) is 4.30. The van der Waals surface area contributed by atoms with Gasteiger partial charge >= 0.3 is 0 Å². The lowest BCUT2D eigenvalue weighted by Crippen LogP contribution is -2.41. The second-order valence-corrected chi connectivity index (χ2v) is 11.4. The van der Waals surface area contributed by atoms with Crippen molar-refractivity contribution in [2.45, 2.75) is 49.6 Å². The second-order valence-electron chi connectivity index (χ2n) is 9.55. The van der Waals surface area contributed by atoms with Crippen LogP contribution in [0.15, 0.2) is 94.9 Å². The van der Waals surface area contributed by atoms with Gasteiger partial charge in [0.05, 0.1) is 13.2 Å². The van der Waals surface area contributed by atoms with Gasteiger partial charge in [-0.2, -0.15) is 4.31 Å². The van der Waals surface area contributed by atoms with E-state index in [4.69, 9.17) is 4.74 Å². The molecule has 0 atom stereocenters. The largest absolute Gasteiger partial charge is 0.375 e. The first-order chi connectivity index (χ1) is 18.5. The first-order valence-electron chi connectivity index (χ1n) is 13.0. The van der Waals surface area contributed by atoms with E-state index in [1.54, 1.807) is 16.6 Å². The van der Waals surface area contributed by atoms with Crippen molar-refractivity contribution in [1.29, 1.82) is 0 Å². The molecule has 0 aliphatic heterocycles. The Morgan fingerprint density at radius 2 is 1.63 bits per heavy atom. The molecule has 9 heteroatoms. The number of aromatic amines is 1. The van der Waals surface area contributed by atoms with Gasteiger partial charge in [-0.05, 0) is 36.1 Å². The minimum absolute atomic E-state index is 0.0495. The van der Waals surface area contributed by atoms with Crippen molar-refractivity contribution >= 4 is 10.0 Å². The maximum atomic E-state index is 13.7. The van der Waals surface area contributed by atoms with Crippen molar-refractivity contribution in [3.05, 3.63) is 112 Å². The van der Waals surface area contributed by atoms with Crippen LogP contribution in [0, 0.1) is 0 Å². The first kappa shape index (κ1) is 26.1. The van der Waals surface area contributed by atoms with Crippen LogP contribution in [0.4, 0.5) is 0 Å². The molecule has 198 valence electrons. The van der Waals surface area contributed by atoms with Crippen LogP contribution in [0.3, 0.4) is 0 Å². The van der Waals surface area contributed by atoms with Crippen molar-refractivity contribution < 1.29 is 13.2 Å². The van der Waals surface area contributed by atoms with Gasteiger partial charge in [0.1, 0.15) is 4.90 Å². The number of ether oxygens (including phenoxy) is 1. The molecular formula is C29H32N4O4S. The average Bonchev–Trinajstić information content (AvgIpc) is 3.60. The van der Waals surface area contributed by atoms with Gasteiger partial charge in [-0.3, -0.25) is 9.89 Å². The van der Waals surface area contributed by atoms with E-state index in [1.807, 2.05) is 60.7 Å². The van der Waals surface area contributed by atoms with Crippen molar-refractivity contribution in [3.8, 4) is 5.82 Å². The number of rotatable bonds is 11. The predicted molar refractivity (Wildman–Crippen MR) is 146 cm³/mol. The number of nitrogens with one attached hydrogen (secondary N) is 1. The van der Waals surface area contributed by atoms with Crippen molar-refractivity contribution in [1.82, 2.24) is 19.1 Å². The van der Waals surface area contributed by atoms with Crippen LogP contribution in [0.5, 0.6) is 0 Å². The lowest BCUT2D eigenvalue weighted by molar-refractivity contribution is 0.103. The molecule has 2 heterocycles. The van der Waals surface area contributed by atoms with Gasteiger partial charge < -0.3 is 4.74 Å². The maximum absolute atomic E-state index is 13.7. The average molecular weight is 533 g/mol. The van der Waals surface area contributed by atoms with Crippen LogP contribution in [0.25, 0.3) is 5.82 Å². The van der Waals surface area contributed by atoms with E-state index in [0.29, 0.717) is 31.0 Å². The maximum Gasteiger partial charge on any atom is 0.276 e. The highest BCUT2D eigenvalue weighted by atomic mass is 32.2. The van der Waals surface area contributed by atoms with Crippen molar-refractivity contribution in [2.75, 3.05) is 13.2 Å². The second kappa shape index (κ2) is 11.9. The fourth-order valence-electron chi connectivity index (χ4n) is 4.92. The Morgan fingerprint density at radius 1 is 0.947 bits per heavy atom. The molecule has 1 saturated carbocycles. The molecule has 2 aromatic carbocycles. The summed E-state index contributed by atoms with van der Waals surface area (Å²) in [5.41, 5.74) is 2.48. The fraction of sp³-hybridized carbons (Fsp3) is 0.310. The summed E-state index contributed by atoms with van der Waals surface area (Å²) in [5, 5.41) is 2.95. The molecule has 0 bridgehead atoms. The van der Waals surface area contributed by atoms with E-state index in [-0.39, 0.29) is 23.0 Å². The zero-order valence-electron chi connectivity index (χ0n) is 21.2. The third kappa shape index (κ3) is 5.96. The molecule has 5 rings (SSSR count). The monoisotopic (exact) mass is 532 g/mol. The van der Waals surface area contributed by atoms with Gasteiger partial charge in [-0.25, -0.2) is 18.1 Å². The lowest BCUT2D eigenvalue weighted by atomic mass is 10.1. The van der Waals surface area contributed by atoms with Crippen LogP contribution >= 0.6 is 0 Å². The van der Waals surface area contributed by atoms with E-state index in [9.17, 15) is 13.2 Å². The van der Waals surface area contributed by atoms with Gasteiger partial charge in [0.2, 0.25) is 10.0 Å². The highest BCUT2D eigenvalue weighted by molar-refractivity contribution is 7.89. The Balaban J connectivity index is 1.30. The molecule has 4 aromatic rings. The Hall–Kier alpha value is -3.53. The van der Waals surface area contributed by atoms with Crippen LogP contribution in [0.1, 0.15) is 42.4 Å². The molecule has 38 heavy (non-hydrogen) atoms. The molecular weight excluding hydrogens is 500 g/mol. The van der Waals surface area contributed by atoms with Crippen molar-refractivity contribution in [3.63, 3.8) is 0 Å². The van der Waals surface area contributed by atoms with Crippen LogP contribution in [0.2, 0.25) is 0 Å². The number of hydrogen-bond acceptors (Lipinski definition) is 5. The Kier molecular flexibility index (Phi) is 8.17. The summed E-state index contributed by atoms with van der Waals surface area (Å²) in [6, 6.07) is 22.6. The smallest absolute Gasteiger partial charge is 0.276 e. The molecule has 1 aliphatic rings. The van der Waals surface area contributed by atoms with Crippen LogP contribution < -0.4 is 5.56 Å². The van der Waals surface area contributed by atoms with Gasteiger partial charge in [-0.1, -0.05) is 73.5 Å². The van der Waals surface area contributed by atoms with E-state index >= 15 is 0 Å². The number of aromatic nitrogens is 3. The van der Waals surface area contributed by atoms with E-state index < -0.39 is 10.0 Å². The number of hydrogen-bond donors (Lipinski definition) is 1. The first-order valence-corrected chi connectivity index (χ1v) is 14.4. The molecule has 0 saturated heterocycles. The van der Waals surface area contributed by atoms with Gasteiger partial charge in [0, 0.05) is 37.0 Å². The standard InChI is InChI=1S/C29H32N4O4S/c34-29-25(19-23-9-3-1-4-10-23)20-31-33(29)28-16-15-27(21-30-28)38(35,36)32(26-13-7-8-14-26)17-18-37-22-24-11-5-2-6-12-24/h1-6,9-12,15-16,20-21,26,31H,7-8,13-14,17-19,22H2. The van der Waals surface area contributed by atoms with E-state index in [2.05, 4.69) is 10.1 Å². The van der Waals surface area contributed by atoms with Gasteiger partial charge in [0.15, 0.2) is 5.82 Å². The minimum Gasteiger partial charge on any atom is -0.375 e. The molecule has 2 aromatic heterocycles. The van der Waals surface area contributed by atoms with Crippen LogP contribution in [-0.4, -0.2) is 46.7 Å². The quantitative estimate of drug-likeness (QED) is 0.291. The number of H-pyrrole nitrogens is 1. The zero-order valence-corrected chi connectivity index (χ0v) is 22.0. The molecule has 0 amide bonds. The third-order valence-corrected chi connectivity index (χ3v) is 8.87. The Labute approximate surface area is 223 Å². The molecule has 1 fully saturated rings. The van der Waals surface area contributed by atoms with Gasteiger partial charge in [-0.15, -0.1) is 0 Å². The molecule has 8 nitrogen and oxygen atoms in total. The van der Waals surface area contributed by atoms with Gasteiger partial charge in [0.25, 0.3) is 5.56 Å². The van der Waals surface area contributed by atoms with Crippen molar-refractivity contribution in [2.24, 2.45) is 0 Å². The normalized spacial score (nSPS) is 14.3. The zero-order chi connectivity index (χ0) is 26.4. The highest BCUT2D eigenvalue weighted by Crippen LogP contribution is 2.28. The summed E-state index contributed by atoms with van der Waals surface area (Å²) < 4.78 is 36.0. The molecule has 0 unspecified atom stereocenters. The van der Waals surface area contributed by atoms with E-state index in [1.165, 1.54) is 16.9 Å². The SMILES string of the molecule is O=c1c(Cc2ccccc2)c[nH]n1-c1ccc(S(=O)(=O)N(CCOCc2ccccc2)C2CCCC2)cn1. The number of nitrogens with zero attached hydrogens (tertiary/aromatic N) is 3. The summed E-state index contributed by atoms with van der Waals surface area (Å²) >= 11 is 0. The summed E-state index contributed by atoms with van der Waals surface area (Å²) in [6.45, 7) is 1.02. The highest BCUT2D eigenvalue weighted by Gasteiger charge is 2.33. The topological polar surface area (TPSA) is 97.3 Å². The Bertz CT molecular complexity index is 1480.